The third-order valence-corrected chi connectivity index (χ3v) is 7.12. The van der Waals surface area contributed by atoms with E-state index in [2.05, 4.69) is 0 Å². The summed E-state index contributed by atoms with van der Waals surface area (Å²) in [5.74, 6) is 6.31. The van der Waals surface area contributed by atoms with Gasteiger partial charge in [-0.3, -0.25) is 0 Å². The summed E-state index contributed by atoms with van der Waals surface area (Å²) in [7, 11) is 0. The molecule has 0 bridgehead atoms. The topological polar surface area (TPSA) is 12.5 Å². The van der Waals surface area contributed by atoms with Crippen LogP contribution in [0.1, 0.15) is 51.4 Å². The summed E-state index contributed by atoms with van der Waals surface area (Å²) in [5, 5.41) is 0. The van der Waals surface area contributed by atoms with Crippen molar-refractivity contribution in [2.45, 2.75) is 63.6 Å². The van der Waals surface area contributed by atoms with Crippen LogP contribution in [0.25, 0.3) is 0 Å². The van der Waals surface area contributed by atoms with Crippen LogP contribution in [0.2, 0.25) is 0 Å². The molecule has 1 saturated heterocycles. The Hall–Kier alpha value is -0.0400. The zero-order chi connectivity index (χ0) is 11.0. The minimum absolute atomic E-state index is 0.725. The Morgan fingerprint density at radius 3 is 2.41 bits per heavy atom. The molecule has 0 radical (unpaired) electrons. The van der Waals surface area contributed by atoms with E-state index in [0.29, 0.717) is 0 Å². The lowest BCUT2D eigenvalue weighted by Crippen LogP contribution is -2.45. The molecule has 0 aromatic heterocycles. The third-order valence-electron chi connectivity index (χ3n) is 7.12. The lowest BCUT2D eigenvalue weighted by Gasteiger charge is -2.46. The number of ether oxygens (including phenoxy) is 1. The zero-order valence-electron chi connectivity index (χ0n) is 10.7. The Morgan fingerprint density at radius 1 is 0.588 bits per heavy atom. The van der Waals surface area contributed by atoms with Gasteiger partial charge in [-0.15, -0.1) is 0 Å². The first-order valence-corrected chi connectivity index (χ1v) is 8.09. The molecule has 4 aliphatic carbocycles. The number of hydrogen-bond donors (Lipinski definition) is 0. The van der Waals surface area contributed by atoms with Gasteiger partial charge in [0.1, 0.15) is 0 Å². The Kier molecular flexibility index (Phi) is 1.90. The molecule has 0 aromatic rings. The number of rotatable bonds is 0. The summed E-state index contributed by atoms with van der Waals surface area (Å²) < 4.78 is 6.17. The van der Waals surface area contributed by atoms with Crippen LogP contribution < -0.4 is 0 Å². The third kappa shape index (κ3) is 1.20. The van der Waals surface area contributed by atoms with Crippen LogP contribution in [-0.2, 0) is 4.74 Å². The van der Waals surface area contributed by atoms with E-state index in [1.165, 1.54) is 32.1 Å². The van der Waals surface area contributed by atoms with Crippen LogP contribution in [0.15, 0.2) is 0 Å². The largest absolute Gasteiger partial charge is 0.369 e. The summed E-state index contributed by atoms with van der Waals surface area (Å²) in [6.45, 7) is 0. The van der Waals surface area contributed by atoms with Gasteiger partial charge < -0.3 is 4.74 Å². The molecular formula is C16H24O. The molecule has 0 aromatic carbocycles. The highest BCUT2D eigenvalue weighted by molar-refractivity contribution is 5.11. The molecule has 1 heteroatoms. The molecule has 5 aliphatic rings. The second kappa shape index (κ2) is 3.29. The predicted octanol–water partition coefficient (Wildman–Crippen LogP) is 3.63. The van der Waals surface area contributed by atoms with Crippen molar-refractivity contribution in [3.8, 4) is 0 Å². The Morgan fingerprint density at radius 2 is 1.41 bits per heavy atom. The van der Waals surface area contributed by atoms with Crippen LogP contribution >= 0.6 is 0 Å². The molecule has 94 valence electrons. The summed E-state index contributed by atoms with van der Waals surface area (Å²) in [6, 6.07) is 0. The van der Waals surface area contributed by atoms with Gasteiger partial charge in [0.05, 0.1) is 12.2 Å². The Labute approximate surface area is 104 Å². The highest BCUT2D eigenvalue weighted by Gasteiger charge is 2.64. The maximum atomic E-state index is 6.17. The molecule has 8 atom stereocenters. The molecule has 1 aliphatic heterocycles. The average Bonchev–Trinajstić information content (AvgIpc) is 2.80. The maximum absolute atomic E-state index is 6.17. The molecule has 1 heterocycles. The summed E-state index contributed by atoms with van der Waals surface area (Å²) >= 11 is 0. The lowest BCUT2D eigenvalue weighted by molar-refractivity contribution is 0.0274. The molecule has 1 nitrogen and oxygen atoms in total. The molecule has 0 spiro atoms. The minimum atomic E-state index is 0.725. The number of hydrogen-bond acceptors (Lipinski definition) is 1. The van der Waals surface area contributed by atoms with Crippen molar-refractivity contribution >= 4 is 0 Å². The first kappa shape index (κ1) is 9.83. The molecule has 8 unspecified atom stereocenters. The lowest BCUT2D eigenvalue weighted by atomic mass is 9.57. The van der Waals surface area contributed by atoms with Crippen molar-refractivity contribution in [2.75, 3.05) is 0 Å². The highest BCUT2D eigenvalue weighted by Crippen LogP contribution is 2.63. The van der Waals surface area contributed by atoms with Gasteiger partial charge in [-0.1, -0.05) is 19.3 Å². The van der Waals surface area contributed by atoms with Crippen molar-refractivity contribution in [1.29, 1.82) is 0 Å². The standard InChI is InChI=1S/C16H24O/c1-3-9-7-8-12-11-5-2-6-13(11)15-16(17-15)14(12)10(9)4-1/h9-16H,1-8H2. The predicted molar refractivity (Wildman–Crippen MR) is 66.5 cm³/mol. The number of fused-ring (bicyclic) bond motifs is 8. The van der Waals surface area contributed by atoms with Crippen molar-refractivity contribution in [2.24, 2.45) is 35.5 Å². The number of epoxide rings is 1. The Balaban J connectivity index is 1.51. The quantitative estimate of drug-likeness (QED) is 0.581. The molecule has 5 fully saturated rings. The first-order chi connectivity index (χ1) is 8.43. The fourth-order valence-corrected chi connectivity index (χ4v) is 6.58. The monoisotopic (exact) mass is 232 g/mol. The van der Waals surface area contributed by atoms with Crippen LogP contribution in [0.3, 0.4) is 0 Å². The Bertz CT molecular complexity index is 338. The second-order valence-corrected chi connectivity index (χ2v) is 7.50. The van der Waals surface area contributed by atoms with E-state index < -0.39 is 0 Å². The van der Waals surface area contributed by atoms with E-state index in [1.54, 1.807) is 19.3 Å². The molecule has 4 saturated carbocycles. The van der Waals surface area contributed by atoms with Gasteiger partial charge in [0, 0.05) is 0 Å². The maximum Gasteiger partial charge on any atom is 0.0878 e. The zero-order valence-corrected chi connectivity index (χ0v) is 10.7. The van der Waals surface area contributed by atoms with E-state index in [0.717, 1.165) is 47.7 Å². The first-order valence-electron chi connectivity index (χ1n) is 8.09. The van der Waals surface area contributed by atoms with Gasteiger partial charge in [-0.25, -0.2) is 0 Å². The van der Waals surface area contributed by atoms with Crippen LogP contribution in [0.5, 0.6) is 0 Å². The van der Waals surface area contributed by atoms with Gasteiger partial charge in [-0.05, 0) is 67.6 Å². The fourth-order valence-electron chi connectivity index (χ4n) is 6.58. The normalized spacial score (nSPS) is 63.5. The average molecular weight is 232 g/mol. The van der Waals surface area contributed by atoms with Gasteiger partial charge in [-0.2, -0.15) is 0 Å². The molecule has 5 rings (SSSR count). The van der Waals surface area contributed by atoms with E-state index in [4.69, 9.17) is 4.74 Å². The van der Waals surface area contributed by atoms with Crippen molar-refractivity contribution in [3.05, 3.63) is 0 Å². The van der Waals surface area contributed by atoms with Crippen molar-refractivity contribution in [1.82, 2.24) is 0 Å². The van der Waals surface area contributed by atoms with E-state index >= 15 is 0 Å². The van der Waals surface area contributed by atoms with Crippen LogP contribution in [0.4, 0.5) is 0 Å². The van der Waals surface area contributed by atoms with Crippen LogP contribution in [0, 0.1) is 35.5 Å². The van der Waals surface area contributed by atoms with E-state index in [1.807, 2.05) is 0 Å². The highest BCUT2D eigenvalue weighted by atomic mass is 16.6. The van der Waals surface area contributed by atoms with Gasteiger partial charge in [0.2, 0.25) is 0 Å². The summed E-state index contributed by atoms with van der Waals surface area (Å²) in [5.41, 5.74) is 0. The molecule has 0 N–H and O–H groups in total. The van der Waals surface area contributed by atoms with Crippen LogP contribution in [-0.4, -0.2) is 12.2 Å². The van der Waals surface area contributed by atoms with Gasteiger partial charge in [0.15, 0.2) is 0 Å². The molecular weight excluding hydrogens is 208 g/mol. The fraction of sp³-hybridized carbons (Fsp3) is 1.00. The van der Waals surface area contributed by atoms with Gasteiger partial charge >= 0.3 is 0 Å². The van der Waals surface area contributed by atoms with Crippen molar-refractivity contribution in [3.63, 3.8) is 0 Å². The molecule has 0 amide bonds. The second-order valence-electron chi connectivity index (χ2n) is 7.50. The van der Waals surface area contributed by atoms with E-state index in [-0.39, 0.29) is 0 Å². The summed E-state index contributed by atoms with van der Waals surface area (Å²) in [6.07, 6.45) is 13.7. The van der Waals surface area contributed by atoms with Crippen molar-refractivity contribution < 1.29 is 4.74 Å². The smallest absolute Gasteiger partial charge is 0.0878 e. The SMILES string of the molecule is C1CC2C(C1)C1OC1C1C3CCCC3CCC21. The summed E-state index contributed by atoms with van der Waals surface area (Å²) in [4.78, 5) is 0. The minimum Gasteiger partial charge on any atom is -0.369 e. The van der Waals surface area contributed by atoms with Gasteiger partial charge in [0.25, 0.3) is 0 Å². The van der Waals surface area contributed by atoms with E-state index in [9.17, 15) is 0 Å². The molecule has 17 heavy (non-hydrogen) atoms.